The zero-order chi connectivity index (χ0) is 29.2. The van der Waals surface area contributed by atoms with E-state index in [9.17, 15) is 8.78 Å². The molecule has 1 aromatic carbocycles. The second-order valence-electron chi connectivity index (χ2n) is 12.7. The van der Waals surface area contributed by atoms with Gasteiger partial charge in [0.1, 0.15) is 11.6 Å². The van der Waals surface area contributed by atoms with Crippen LogP contribution in [0.2, 0.25) is 0 Å². The second-order valence-corrected chi connectivity index (χ2v) is 12.7. The number of rotatable bonds is 9. The third kappa shape index (κ3) is 6.35. The molecule has 3 aliphatic heterocycles. The highest BCUT2D eigenvalue weighted by molar-refractivity contribution is 5.78. The van der Waals surface area contributed by atoms with E-state index in [1.807, 2.05) is 18.2 Å². The molecule has 1 N–H and O–H groups in total. The number of fused-ring (bicyclic) bond motifs is 1. The first-order valence-corrected chi connectivity index (χ1v) is 16.3. The van der Waals surface area contributed by atoms with Gasteiger partial charge in [-0.1, -0.05) is 12.1 Å². The number of ether oxygens (including phenoxy) is 1. The van der Waals surface area contributed by atoms with Crippen LogP contribution in [0.15, 0.2) is 30.3 Å². The van der Waals surface area contributed by atoms with E-state index in [0.29, 0.717) is 66.9 Å². The number of aromatic nitrogens is 4. The number of hydrogen-bond donors (Lipinski definition) is 1. The van der Waals surface area contributed by atoms with Crippen molar-refractivity contribution in [2.24, 2.45) is 5.92 Å². The van der Waals surface area contributed by atoms with Gasteiger partial charge in [0.05, 0.1) is 24.2 Å². The highest BCUT2D eigenvalue weighted by Gasteiger charge is 2.34. The summed E-state index contributed by atoms with van der Waals surface area (Å²) in [6.45, 7) is 8.38. The fourth-order valence-electron chi connectivity index (χ4n) is 7.69. The van der Waals surface area contributed by atoms with Crippen LogP contribution in [-0.2, 0) is 4.74 Å². The van der Waals surface area contributed by atoms with Crippen LogP contribution >= 0.6 is 0 Å². The van der Waals surface area contributed by atoms with Gasteiger partial charge in [0.15, 0.2) is 5.82 Å². The lowest BCUT2D eigenvalue weighted by Crippen LogP contribution is -2.46. The van der Waals surface area contributed by atoms with Crippen LogP contribution in [0.4, 0.5) is 20.5 Å². The number of likely N-dealkylation sites (tertiary alicyclic amines) is 2. The molecule has 3 saturated heterocycles. The van der Waals surface area contributed by atoms with E-state index in [-0.39, 0.29) is 5.82 Å². The minimum atomic E-state index is -2.73. The monoisotopic (exact) mass is 594 g/mol. The van der Waals surface area contributed by atoms with Gasteiger partial charge in [-0.25, -0.2) is 13.8 Å². The highest BCUT2D eigenvalue weighted by atomic mass is 19.3. The molecule has 9 nitrogen and oxygen atoms in total. The van der Waals surface area contributed by atoms with Gasteiger partial charge in [0, 0.05) is 44.3 Å². The summed E-state index contributed by atoms with van der Waals surface area (Å²) in [6.07, 6.45) is 7.55. The van der Waals surface area contributed by atoms with Gasteiger partial charge in [-0.05, 0) is 89.1 Å². The zero-order valence-electron chi connectivity index (χ0n) is 25.0. The van der Waals surface area contributed by atoms with Crippen LogP contribution in [0, 0.1) is 5.92 Å². The maximum absolute atomic E-state index is 14.2. The molecule has 0 unspecified atom stereocenters. The van der Waals surface area contributed by atoms with Crippen molar-refractivity contribution in [1.82, 2.24) is 29.3 Å². The van der Waals surface area contributed by atoms with Crippen LogP contribution in [0.5, 0.6) is 0 Å². The smallest absolute Gasteiger partial charge is 0.296 e. The Kier molecular flexibility index (Phi) is 8.72. The number of para-hydroxylation sites is 2. The molecule has 0 bridgehead atoms. The molecule has 4 aliphatic rings. The van der Waals surface area contributed by atoms with Gasteiger partial charge in [0.25, 0.3) is 6.43 Å². The molecule has 1 saturated carbocycles. The van der Waals surface area contributed by atoms with Crippen LogP contribution in [0.1, 0.15) is 63.6 Å². The molecule has 0 spiro atoms. The normalized spacial score (nSPS) is 25.7. The van der Waals surface area contributed by atoms with Crippen molar-refractivity contribution in [1.29, 1.82) is 0 Å². The van der Waals surface area contributed by atoms with Gasteiger partial charge in [0.2, 0.25) is 5.95 Å². The molecule has 0 radical (unpaired) electrons. The summed E-state index contributed by atoms with van der Waals surface area (Å²) >= 11 is 0. The number of imidazole rings is 1. The molecule has 232 valence electrons. The zero-order valence-corrected chi connectivity index (χ0v) is 25.0. The Balaban J connectivity index is 1.06. The molecular formula is C32H44F2N8O. The fraction of sp³-hybridized carbons (Fsp3) is 0.656. The van der Waals surface area contributed by atoms with Crippen molar-refractivity contribution >= 4 is 22.8 Å². The predicted octanol–water partition coefficient (Wildman–Crippen LogP) is 5.12. The number of benzene rings is 1. The Morgan fingerprint density at radius 1 is 0.884 bits per heavy atom. The lowest BCUT2D eigenvalue weighted by atomic mass is 9.85. The lowest BCUT2D eigenvalue weighted by Gasteiger charge is -2.39. The topological polar surface area (TPSA) is 74.6 Å². The first-order valence-electron chi connectivity index (χ1n) is 16.3. The first kappa shape index (κ1) is 28.9. The number of alkyl halides is 2. The molecule has 43 heavy (non-hydrogen) atoms. The largest absolute Gasteiger partial charge is 0.378 e. The van der Waals surface area contributed by atoms with E-state index < -0.39 is 6.43 Å². The molecule has 3 aromatic rings. The minimum Gasteiger partial charge on any atom is -0.378 e. The van der Waals surface area contributed by atoms with Gasteiger partial charge in [-0.15, -0.1) is 0 Å². The Hall–Kier alpha value is -2.89. The molecule has 11 heteroatoms. The average Bonchev–Trinajstić information content (AvgIpc) is 3.81. The Morgan fingerprint density at radius 3 is 2.47 bits per heavy atom. The molecular weight excluding hydrogens is 550 g/mol. The molecule has 7 rings (SSSR count). The first-order chi connectivity index (χ1) is 21.1. The van der Waals surface area contributed by atoms with Crippen molar-refractivity contribution in [2.75, 3.05) is 69.2 Å². The molecule has 5 heterocycles. The third-order valence-corrected chi connectivity index (χ3v) is 9.95. The number of anilines is 2. The summed E-state index contributed by atoms with van der Waals surface area (Å²) in [7, 11) is 0. The van der Waals surface area contributed by atoms with E-state index in [1.165, 1.54) is 82.1 Å². The number of halogens is 2. The van der Waals surface area contributed by atoms with Crippen LogP contribution in [-0.4, -0.2) is 100 Å². The van der Waals surface area contributed by atoms with Crippen molar-refractivity contribution < 1.29 is 13.5 Å². The number of morpholine rings is 1. The standard InChI is InChI=1S/C32H44F2N8O/c33-30(34)31-36-26-7-1-2-8-27(26)42(31)29-20-28(37-32(38-29)40-16-18-43-19-17-40)35-21-23-9-11-24(12-10-23)41-15-5-6-25(41)22-39-13-3-4-14-39/h1-2,7-8,20,23-25,30H,3-6,9-19,21-22H2,(H,35,37,38)/t23?,24?,25-/m0/s1. The van der Waals surface area contributed by atoms with Gasteiger partial charge >= 0.3 is 0 Å². The Morgan fingerprint density at radius 2 is 1.67 bits per heavy atom. The van der Waals surface area contributed by atoms with Crippen LogP contribution in [0.25, 0.3) is 16.9 Å². The van der Waals surface area contributed by atoms with Crippen molar-refractivity contribution in [2.45, 2.75) is 69.9 Å². The SMILES string of the molecule is FC(F)c1nc2ccccc2n1-c1cc(NCC2CCC(N3CCC[C@H]3CN3CCCC3)CC2)nc(N2CCOCC2)n1. The van der Waals surface area contributed by atoms with E-state index in [0.717, 1.165) is 12.6 Å². The molecule has 4 fully saturated rings. The van der Waals surface area contributed by atoms with E-state index in [4.69, 9.17) is 14.7 Å². The predicted molar refractivity (Wildman–Crippen MR) is 164 cm³/mol. The summed E-state index contributed by atoms with van der Waals surface area (Å²) in [6, 6.07) is 10.4. The van der Waals surface area contributed by atoms with Crippen molar-refractivity contribution in [3.63, 3.8) is 0 Å². The van der Waals surface area contributed by atoms with Crippen LogP contribution in [0.3, 0.4) is 0 Å². The van der Waals surface area contributed by atoms with Gasteiger partial charge in [-0.3, -0.25) is 9.47 Å². The molecule has 1 aliphatic carbocycles. The highest BCUT2D eigenvalue weighted by Crippen LogP contribution is 2.34. The summed E-state index contributed by atoms with van der Waals surface area (Å²) in [5, 5.41) is 3.58. The maximum atomic E-state index is 14.2. The fourth-order valence-corrected chi connectivity index (χ4v) is 7.69. The van der Waals surface area contributed by atoms with Gasteiger partial charge in [-0.2, -0.15) is 9.97 Å². The minimum absolute atomic E-state index is 0.304. The summed E-state index contributed by atoms with van der Waals surface area (Å²) in [4.78, 5) is 21.5. The maximum Gasteiger partial charge on any atom is 0.296 e. The van der Waals surface area contributed by atoms with E-state index in [2.05, 4.69) is 25.0 Å². The molecule has 1 atom stereocenters. The number of nitrogens with zero attached hydrogens (tertiary/aromatic N) is 7. The molecule has 2 aromatic heterocycles. The Labute approximate surface area is 252 Å². The second kappa shape index (κ2) is 13.0. The van der Waals surface area contributed by atoms with E-state index in [1.54, 1.807) is 12.1 Å². The van der Waals surface area contributed by atoms with Crippen molar-refractivity contribution in [3.8, 4) is 5.82 Å². The third-order valence-electron chi connectivity index (χ3n) is 9.95. The molecule has 0 amide bonds. The quantitative estimate of drug-likeness (QED) is 0.366. The number of nitrogens with one attached hydrogen (secondary N) is 1. The van der Waals surface area contributed by atoms with Crippen LogP contribution < -0.4 is 10.2 Å². The lowest BCUT2D eigenvalue weighted by molar-refractivity contribution is 0.105. The summed E-state index contributed by atoms with van der Waals surface area (Å²) in [5.41, 5.74) is 1.13. The average molecular weight is 595 g/mol. The van der Waals surface area contributed by atoms with E-state index >= 15 is 0 Å². The number of hydrogen-bond acceptors (Lipinski definition) is 8. The summed E-state index contributed by atoms with van der Waals surface area (Å²) < 4.78 is 35.4. The van der Waals surface area contributed by atoms with Crippen molar-refractivity contribution in [3.05, 3.63) is 36.2 Å². The summed E-state index contributed by atoms with van der Waals surface area (Å²) in [5.74, 6) is 1.86. The Bertz CT molecular complexity index is 1360. The van der Waals surface area contributed by atoms with Gasteiger partial charge < -0.3 is 19.9 Å².